The Morgan fingerprint density at radius 3 is 2.55 bits per heavy atom. The molecule has 29 heavy (non-hydrogen) atoms. The maximum Gasteiger partial charge on any atom is 0.263 e. The molecule has 5 aromatic rings. The summed E-state index contributed by atoms with van der Waals surface area (Å²) >= 11 is 1.44. The van der Waals surface area contributed by atoms with Crippen LogP contribution in [0.2, 0.25) is 0 Å². The molecule has 144 valence electrons. The van der Waals surface area contributed by atoms with E-state index >= 15 is 0 Å². The molecule has 3 aromatic heterocycles. The predicted molar refractivity (Wildman–Crippen MR) is 109 cm³/mol. The van der Waals surface area contributed by atoms with Crippen LogP contribution in [-0.4, -0.2) is 29.4 Å². The minimum atomic E-state index is -0.0894. The third-order valence-electron chi connectivity index (χ3n) is 4.55. The highest BCUT2D eigenvalue weighted by Gasteiger charge is 2.17. The van der Waals surface area contributed by atoms with Gasteiger partial charge in [-0.05, 0) is 17.7 Å². The number of nitrogens with zero attached hydrogens (tertiary/aromatic N) is 6. The molecule has 0 N–H and O–H groups in total. The SMILES string of the molecule is Cc1nnc(CSc2nnc3n(Cc4ccccc4)c(=O)c4ccccc4n23)o1. The lowest BCUT2D eigenvalue weighted by Crippen LogP contribution is -2.24. The van der Waals surface area contributed by atoms with E-state index in [2.05, 4.69) is 20.4 Å². The lowest BCUT2D eigenvalue weighted by molar-refractivity contribution is 0.485. The zero-order chi connectivity index (χ0) is 19.8. The number of hydrogen-bond acceptors (Lipinski definition) is 7. The highest BCUT2D eigenvalue weighted by atomic mass is 32.2. The molecule has 0 unspecified atom stereocenters. The summed E-state index contributed by atoms with van der Waals surface area (Å²) in [5.41, 5.74) is 1.70. The Labute approximate surface area is 169 Å². The number of aromatic nitrogens is 6. The van der Waals surface area contributed by atoms with Gasteiger partial charge in [-0.25, -0.2) is 0 Å². The maximum atomic E-state index is 13.2. The highest BCUT2D eigenvalue weighted by Crippen LogP contribution is 2.24. The van der Waals surface area contributed by atoms with E-state index in [0.29, 0.717) is 40.4 Å². The monoisotopic (exact) mass is 404 g/mol. The largest absolute Gasteiger partial charge is 0.425 e. The Hall–Kier alpha value is -3.46. The first-order valence-corrected chi connectivity index (χ1v) is 10.0. The number of para-hydroxylation sites is 1. The molecular weight excluding hydrogens is 388 g/mol. The van der Waals surface area contributed by atoms with Crippen LogP contribution in [0.25, 0.3) is 16.7 Å². The number of hydrogen-bond donors (Lipinski definition) is 0. The quantitative estimate of drug-likeness (QED) is 0.416. The van der Waals surface area contributed by atoms with Crippen molar-refractivity contribution in [3.05, 3.63) is 82.3 Å². The normalized spacial score (nSPS) is 11.5. The van der Waals surface area contributed by atoms with E-state index in [4.69, 9.17) is 4.42 Å². The van der Waals surface area contributed by atoms with Gasteiger partial charge in [0.1, 0.15) is 0 Å². The first kappa shape index (κ1) is 17.6. The summed E-state index contributed by atoms with van der Waals surface area (Å²) in [6.45, 7) is 2.17. The van der Waals surface area contributed by atoms with Gasteiger partial charge in [-0.15, -0.1) is 20.4 Å². The van der Waals surface area contributed by atoms with E-state index in [1.165, 1.54) is 11.8 Å². The van der Waals surface area contributed by atoms with Crippen molar-refractivity contribution in [1.82, 2.24) is 29.4 Å². The number of thioether (sulfide) groups is 1. The second-order valence-corrected chi connectivity index (χ2v) is 7.46. The topological polar surface area (TPSA) is 91.1 Å². The van der Waals surface area contributed by atoms with Gasteiger partial charge < -0.3 is 4.42 Å². The molecule has 0 aliphatic carbocycles. The third kappa shape index (κ3) is 3.19. The third-order valence-corrected chi connectivity index (χ3v) is 5.47. The van der Waals surface area contributed by atoms with Gasteiger partial charge in [0.15, 0.2) is 5.16 Å². The summed E-state index contributed by atoms with van der Waals surface area (Å²) in [5.74, 6) is 2.01. The van der Waals surface area contributed by atoms with Crippen molar-refractivity contribution in [3.63, 3.8) is 0 Å². The van der Waals surface area contributed by atoms with E-state index in [1.807, 2.05) is 59.0 Å². The highest BCUT2D eigenvalue weighted by molar-refractivity contribution is 7.98. The molecular formula is C20H16N6O2S. The van der Waals surface area contributed by atoms with Crippen LogP contribution in [0.5, 0.6) is 0 Å². The average molecular weight is 404 g/mol. The molecule has 0 saturated heterocycles. The zero-order valence-electron chi connectivity index (χ0n) is 15.5. The summed E-state index contributed by atoms with van der Waals surface area (Å²) in [6.07, 6.45) is 0. The molecule has 8 nitrogen and oxygen atoms in total. The molecule has 9 heteroatoms. The van der Waals surface area contributed by atoms with Crippen molar-refractivity contribution in [2.24, 2.45) is 0 Å². The Morgan fingerprint density at radius 1 is 0.966 bits per heavy atom. The molecule has 0 bridgehead atoms. The Kier molecular flexibility index (Phi) is 4.36. The van der Waals surface area contributed by atoms with Crippen molar-refractivity contribution in [2.75, 3.05) is 0 Å². The van der Waals surface area contributed by atoms with E-state index < -0.39 is 0 Å². The van der Waals surface area contributed by atoms with E-state index in [9.17, 15) is 4.79 Å². The molecule has 3 heterocycles. The van der Waals surface area contributed by atoms with Crippen LogP contribution < -0.4 is 5.56 Å². The molecule has 0 atom stereocenters. The van der Waals surface area contributed by atoms with Gasteiger partial charge in [-0.2, -0.15) is 0 Å². The molecule has 0 aliphatic rings. The van der Waals surface area contributed by atoms with Crippen LogP contribution in [-0.2, 0) is 12.3 Å². The summed E-state index contributed by atoms with van der Waals surface area (Å²) in [7, 11) is 0. The lowest BCUT2D eigenvalue weighted by atomic mass is 10.2. The number of fused-ring (bicyclic) bond motifs is 3. The minimum Gasteiger partial charge on any atom is -0.425 e. The van der Waals surface area contributed by atoms with E-state index in [1.54, 1.807) is 11.5 Å². The molecule has 0 aliphatic heterocycles. The second-order valence-electron chi connectivity index (χ2n) is 6.52. The molecule has 0 saturated carbocycles. The Bertz CT molecular complexity index is 1370. The molecule has 0 spiro atoms. The number of benzene rings is 2. The van der Waals surface area contributed by atoms with Gasteiger partial charge in [-0.1, -0.05) is 54.2 Å². The van der Waals surface area contributed by atoms with Crippen LogP contribution in [0.3, 0.4) is 0 Å². The molecule has 0 fully saturated rings. The standard InChI is InChI=1S/C20H16N6O2S/c1-13-21-22-17(28-13)12-29-20-24-23-19-25(11-14-7-3-2-4-8-14)18(27)15-9-5-6-10-16(15)26(19)20/h2-10H,11-12H2,1H3. The lowest BCUT2D eigenvalue weighted by Gasteiger charge is -2.11. The van der Waals surface area contributed by atoms with Crippen LogP contribution in [0.15, 0.2) is 69.0 Å². The number of aryl methyl sites for hydroxylation is 1. The fourth-order valence-corrected chi connectivity index (χ4v) is 4.03. The smallest absolute Gasteiger partial charge is 0.263 e. The average Bonchev–Trinajstić information content (AvgIpc) is 3.36. The first-order valence-electron chi connectivity index (χ1n) is 9.03. The Balaban J connectivity index is 1.65. The fraction of sp³-hybridized carbons (Fsp3) is 0.150. The summed E-state index contributed by atoms with van der Waals surface area (Å²) < 4.78 is 9.02. The summed E-state index contributed by atoms with van der Waals surface area (Å²) in [4.78, 5) is 13.2. The van der Waals surface area contributed by atoms with E-state index in [-0.39, 0.29) is 5.56 Å². The van der Waals surface area contributed by atoms with Crippen molar-refractivity contribution < 1.29 is 4.42 Å². The predicted octanol–water partition coefficient (Wildman–Crippen LogP) is 3.08. The van der Waals surface area contributed by atoms with Crippen LogP contribution >= 0.6 is 11.8 Å². The molecule has 0 amide bonds. The number of rotatable bonds is 5. The van der Waals surface area contributed by atoms with Gasteiger partial charge in [-0.3, -0.25) is 13.8 Å². The summed E-state index contributed by atoms with van der Waals surface area (Å²) in [5, 5.41) is 17.8. The van der Waals surface area contributed by atoms with Gasteiger partial charge in [0, 0.05) is 6.92 Å². The van der Waals surface area contributed by atoms with Crippen molar-refractivity contribution in [1.29, 1.82) is 0 Å². The van der Waals surface area contributed by atoms with Crippen molar-refractivity contribution in [3.8, 4) is 0 Å². The van der Waals surface area contributed by atoms with Crippen LogP contribution in [0.4, 0.5) is 0 Å². The van der Waals surface area contributed by atoms with Crippen molar-refractivity contribution in [2.45, 2.75) is 24.4 Å². The van der Waals surface area contributed by atoms with Crippen LogP contribution in [0, 0.1) is 6.92 Å². The zero-order valence-corrected chi connectivity index (χ0v) is 16.3. The van der Waals surface area contributed by atoms with E-state index in [0.717, 1.165) is 11.1 Å². The van der Waals surface area contributed by atoms with Crippen LogP contribution in [0.1, 0.15) is 17.3 Å². The molecule has 5 rings (SSSR count). The van der Waals surface area contributed by atoms with Crippen molar-refractivity contribution >= 4 is 28.4 Å². The fourth-order valence-electron chi connectivity index (χ4n) is 3.26. The molecule has 2 aromatic carbocycles. The van der Waals surface area contributed by atoms with Gasteiger partial charge >= 0.3 is 0 Å². The second kappa shape index (κ2) is 7.17. The summed E-state index contributed by atoms with van der Waals surface area (Å²) in [6, 6.07) is 17.3. The van der Waals surface area contributed by atoms with Gasteiger partial charge in [0.2, 0.25) is 17.6 Å². The first-order chi connectivity index (χ1) is 14.2. The van der Waals surface area contributed by atoms with Gasteiger partial charge in [0.25, 0.3) is 5.56 Å². The molecule has 0 radical (unpaired) electrons. The van der Waals surface area contributed by atoms with Gasteiger partial charge in [0.05, 0.1) is 23.2 Å². The Morgan fingerprint density at radius 2 is 1.76 bits per heavy atom. The minimum absolute atomic E-state index is 0.0894. The maximum absolute atomic E-state index is 13.2.